The van der Waals surface area contributed by atoms with Gasteiger partial charge in [-0.3, -0.25) is 14.7 Å². The smallest absolute Gasteiger partial charge is 0.338 e. The monoisotopic (exact) mass is 474 g/mol. The molecule has 9 heteroatoms. The molecule has 0 saturated heterocycles. The number of nitrogens with one attached hydrogen (secondary N) is 1. The number of rotatable bonds is 5. The van der Waals surface area contributed by atoms with Gasteiger partial charge in [-0.05, 0) is 30.7 Å². The van der Waals surface area contributed by atoms with Gasteiger partial charge in [-0.15, -0.1) is 0 Å². The van der Waals surface area contributed by atoms with Crippen LogP contribution in [0.1, 0.15) is 24.1 Å². The predicted molar refractivity (Wildman–Crippen MR) is 130 cm³/mol. The average molecular weight is 475 g/mol. The average Bonchev–Trinajstić information content (AvgIpc) is 3.22. The van der Waals surface area contributed by atoms with E-state index in [1.807, 2.05) is 59.2 Å². The molecule has 0 fully saturated rings. The Morgan fingerprint density at radius 3 is 2.62 bits per heavy atom. The molecule has 1 aliphatic heterocycles. The molecule has 0 radical (unpaired) electrons. The van der Waals surface area contributed by atoms with Crippen LogP contribution < -0.4 is 5.32 Å². The first kappa shape index (κ1) is 21.7. The molecule has 4 aromatic rings. The van der Waals surface area contributed by atoms with E-state index in [9.17, 15) is 14.9 Å². The van der Waals surface area contributed by atoms with Crippen LogP contribution in [0.15, 0.2) is 78.4 Å². The Bertz CT molecular complexity index is 1460. The summed E-state index contributed by atoms with van der Waals surface area (Å²) < 4.78 is 7.29. The molecule has 1 aromatic heterocycles. The number of carbonyl (C=O) groups is 1. The topological polar surface area (TPSA) is 99.3 Å². The number of nitrogens with zero attached hydrogens (tertiary/aromatic N) is 3. The molecule has 2 heterocycles. The number of aromatic nitrogens is 2. The van der Waals surface area contributed by atoms with Crippen molar-refractivity contribution in [3.05, 3.63) is 105 Å². The first-order chi connectivity index (χ1) is 16.5. The van der Waals surface area contributed by atoms with Gasteiger partial charge in [0, 0.05) is 22.7 Å². The van der Waals surface area contributed by atoms with Crippen LogP contribution in [0.2, 0.25) is 5.02 Å². The number of imidazole rings is 1. The van der Waals surface area contributed by atoms with Crippen LogP contribution in [-0.4, -0.2) is 27.1 Å². The molecule has 0 saturated carbocycles. The molecule has 5 rings (SSSR count). The van der Waals surface area contributed by atoms with E-state index in [0.717, 1.165) is 11.1 Å². The van der Waals surface area contributed by atoms with Crippen LogP contribution in [0.5, 0.6) is 0 Å². The number of anilines is 1. The Labute approximate surface area is 199 Å². The molecule has 3 aromatic carbocycles. The standard InChI is InChI=1S/C25H19ClN4O4/c1-2-34-24(31)21-22(15-8-4-3-5-9-15)28-25-27-19-10-6-7-11-20(19)29(25)23(21)17-14-16(30(32)33)12-13-18(17)26/h3-14,23H,2H2,1H3,(H,27,28)/t23-/m1/s1. The summed E-state index contributed by atoms with van der Waals surface area (Å²) in [5.74, 6) is -0.0643. The number of ether oxygens (including phenoxy) is 1. The molecule has 0 amide bonds. The second-order valence-corrected chi connectivity index (χ2v) is 8.07. The van der Waals surface area contributed by atoms with Crippen LogP contribution in [0.4, 0.5) is 11.6 Å². The quantitative estimate of drug-likeness (QED) is 0.230. The number of esters is 1. The molecular formula is C25H19ClN4O4. The van der Waals surface area contributed by atoms with Crippen molar-refractivity contribution in [3.8, 4) is 0 Å². The van der Waals surface area contributed by atoms with Gasteiger partial charge in [0.05, 0.1) is 39.9 Å². The Hall–Kier alpha value is -4.17. The summed E-state index contributed by atoms with van der Waals surface area (Å²) in [6.07, 6.45) is 0. The second kappa shape index (κ2) is 8.64. The molecular weight excluding hydrogens is 456 g/mol. The lowest BCUT2D eigenvalue weighted by atomic mass is 9.92. The van der Waals surface area contributed by atoms with Crippen molar-refractivity contribution in [2.45, 2.75) is 13.0 Å². The number of para-hydroxylation sites is 2. The molecule has 1 atom stereocenters. The van der Waals surface area contributed by atoms with Crippen molar-refractivity contribution in [2.24, 2.45) is 0 Å². The van der Waals surface area contributed by atoms with Crippen molar-refractivity contribution >= 4 is 45.9 Å². The minimum absolute atomic E-state index is 0.131. The van der Waals surface area contributed by atoms with Gasteiger partial charge in [-0.1, -0.05) is 54.1 Å². The number of carbonyl (C=O) groups excluding carboxylic acids is 1. The SMILES string of the molecule is CCOC(=O)C1=C(c2ccccc2)Nc2nc3ccccc3n2[C@@H]1c1cc([N+](=O)[O-])ccc1Cl. The fraction of sp³-hybridized carbons (Fsp3) is 0.120. The lowest BCUT2D eigenvalue weighted by molar-refractivity contribution is -0.384. The maximum absolute atomic E-state index is 13.4. The van der Waals surface area contributed by atoms with Gasteiger partial charge in [0.2, 0.25) is 5.95 Å². The summed E-state index contributed by atoms with van der Waals surface area (Å²) in [6, 6.07) is 20.2. The van der Waals surface area contributed by atoms with Crippen molar-refractivity contribution < 1.29 is 14.5 Å². The number of nitro benzene ring substituents is 1. The molecule has 0 spiro atoms. The second-order valence-electron chi connectivity index (χ2n) is 7.66. The van der Waals surface area contributed by atoms with Gasteiger partial charge in [0.15, 0.2) is 0 Å². The van der Waals surface area contributed by atoms with E-state index < -0.39 is 16.9 Å². The summed E-state index contributed by atoms with van der Waals surface area (Å²) in [4.78, 5) is 29.3. The zero-order valence-corrected chi connectivity index (χ0v) is 18.8. The Morgan fingerprint density at radius 2 is 1.88 bits per heavy atom. The molecule has 8 nitrogen and oxygen atoms in total. The minimum Gasteiger partial charge on any atom is -0.463 e. The van der Waals surface area contributed by atoms with E-state index >= 15 is 0 Å². The molecule has 0 aliphatic carbocycles. The third-order valence-corrected chi connectivity index (χ3v) is 6.02. The van der Waals surface area contributed by atoms with Crippen LogP contribution in [-0.2, 0) is 9.53 Å². The van der Waals surface area contributed by atoms with E-state index in [1.54, 1.807) is 6.92 Å². The van der Waals surface area contributed by atoms with Gasteiger partial charge in [0.25, 0.3) is 5.69 Å². The highest BCUT2D eigenvalue weighted by Crippen LogP contribution is 2.44. The highest BCUT2D eigenvalue weighted by Gasteiger charge is 2.38. The fourth-order valence-electron chi connectivity index (χ4n) is 4.24. The van der Waals surface area contributed by atoms with E-state index in [1.165, 1.54) is 18.2 Å². The third kappa shape index (κ3) is 3.58. The van der Waals surface area contributed by atoms with Crippen molar-refractivity contribution in [1.82, 2.24) is 9.55 Å². The first-order valence-corrected chi connectivity index (χ1v) is 11.0. The van der Waals surface area contributed by atoms with Gasteiger partial charge >= 0.3 is 5.97 Å². The number of benzene rings is 3. The van der Waals surface area contributed by atoms with E-state index in [0.29, 0.717) is 22.7 Å². The third-order valence-electron chi connectivity index (χ3n) is 5.68. The van der Waals surface area contributed by atoms with Crippen LogP contribution in [0.25, 0.3) is 16.7 Å². The number of non-ortho nitro benzene ring substituents is 1. The van der Waals surface area contributed by atoms with E-state index in [-0.39, 0.29) is 22.9 Å². The predicted octanol–water partition coefficient (Wildman–Crippen LogP) is 5.59. The summed E-state index contributed by atoms with van der Waals surface area (Å²) in [7, 11) is 0. The maximum atomic E-state index is 13.4. The molecule has 0 bridgehead atoms. The van der Waals surface area contributed by atoms with Crippen molar-refractivity contribution in [3.63, 3.8) is 0 Å². The first-order valence-electron chi connectivity index (χ1n) is 10.6. The lowest BCUT2D eigenvalue weighted by Crippen LogP contribution is -2.29. The molecule has 170 valence electrons. The molecule has 1 aliphatic rings. The zero-order chi connectivity index (χ0) is 23.8. The maximum Gasteiger partial charge on any atom is 0.338 e. The van der Waals surface area contributed by atoms with Crippen LogP contribution >= 0.6 is 11.6 Å². The van der Waals surface area contributed by atoms with Gasteiger partial charge in [0.1, 0.15) is 0 Å². The number of hydrogen-bond donors (Lipinski definition) is 1. The summed E-state index contributed by atoms with van der Waals surface area (Å²) >= 11 is 6.61. The summed E-state index contributed by atoms with van der Waals surface area (Å²) in [5, 5.41) is 15.2. The minimum atomic E-state index is -0.815. The molecule has 1 N–H and O–H groups in total. The van der Waals surface area contributed by atoms with Crippen LogP contribution in [0, 0.1) is 10.1 Å². The van der Waals surface area contributed by atoms with Crippen LogP contribution in [0.3, 0.4) is 0 Å². The number of halogens is 1. The highest BCUT2D eigenvalue weighted by atomic mass is 35.5. The Morgan fingerprint density at radius 1 is 1.15 bits per heavy atom. The Balaban J connectivity index is 1.87. The summed E-state index contributed by atoms with van der Waals surface area (Å²) in [5.41, 5.74) is 3.25. The van der Waals surface area contributed by atoms with Gasteiger partial charge in [-0.25, -0.2) is 9.78 Å². The Kier molecular flexibility index (Phi) is 5.51. The normalized spacial score (nSPS) is 15.1. The largest absolute Gasteiger partial charge is 0.463 e. The van der Waals surface area contributed by atoms with Crippen molar-refractivity contribution in [1.29, 1.82) is 0 Å². The zero-order valence-electron chi connectivity index (χ0n) is 18.1. The van der Waals surface area contributed by atoms with E-state index in [4.69, 9.17) is 21.3 Å². The fourth-order valence-corrected chi connectivity index (χ4v) is 4.46. The number of nitro groups is 1. The molecule has 34 heavy (non-hydrogen) atoms. The highest BCUT2D eigenvalue weighted by molar-refractivity contribution is 6.31. The van der Waals surface area contributed by atoms with E-state index in [2.05, 4.69) is 5.32 Å². The van der Waals surface area contributed by atoms with Crippen molar-refractivity contribution in [2.75, 3.05) is 11.9 Å². The number of hydrogen-bond acceptors (Lipinski definition) is 6. The molecule has 0 unspecified atom stereocenters. The number of fused-ring (bicyclic) bond motifs is 3. The van der Waals surface area contributed by atoms with Gasteiger partial charge < -0.3 is 10.1 Å². The summed E-state index contributed by atoms with van der Waals surface area (Å²) in [6.45, 7) is 1.89. The van der Waals surface area contributed by atoms with Gasteiger partial charge in [-0.2, -0.15) is 0 Å². The lowest BCUT2D eigenvalue weighted by Gasteiger charge is -2.31.